The Morgan fingerprint density at radius 2 is 1.94 bits per heavy atom. The van der Waals surface area contributed by atoms with Gasteiger partial charge in [-0.05, 0) is 36.5 Å². The maximum absolute atomic E-state index is 11.9. The maximum Gasteiger partial charge on any atom is 0.240 e. The van der Waals surface area contributed by atoms with Crippen LogP contribution in [0, 0.1) is 5.41 Å². The second kappa shape index (κ2) is 6.04. The van der Waals surface area contributed by atoms with E-state index in [0.717, 1.165) is 12.8 Å². The zero-order chi connectivity index (χ0) is 13.8. The van der Waals surface area contributed by atoms with Gasteiger partial charge in [0.05, 0.1) is 4.90 Å². The molecule has 0 aliphatic heterocycles. The van der Waals surface area contributed by atoms with Gasteiger partial charge in [-0.25, -0.2) is 13.1 Å². The quantitative estimate of drug-likeness (QED) is 0.844. The van der Waals surface area contributed by atoms with Gasteiger partial charge in [0.1, 0.15) is 0 Å². The summed E-state index contributed by atoms with van der Waals surface area (Å²) in [4.78, 5) is 0.214. The number of hydrogen-bond acceptors (Lipinski definition) is 2. The fraction of sp³-hybridized carbons (Fsp3) is 0.538. The van der Waals surface area contributed by atoms with Crippen LogP contribution < -0.4 is 4.72 Å². The lowest BCUT2D eigenvalue weighted by atomic mass is 9.91. The zero-order valence-corrected chi connectivity index (χ0v) is 12.6. The molecule has 0 unspecified atom stereocenters. The molecule has 0 radical (unpaired) electrons. The Balaban J connectivity index is 2.56. The molecule has 0 atom stereocenters. The van der Waals surface area contributed by atoms with Crippen LogP contribution in [0.3, 0.4) is 0 Å². The molecular weight excluding hydrogens is 270 g/mol. The lowest BCUT2D eigenvalue weighted by Crippen LogP contribution is -2.25. The summed E-state index contributed by atoms with van der Waals surface area (Å²) in [5.41, 5.74) is 0.224. The Morgan fingerprint density at radius 1 is 1.28 bits per heavy atom. The molecule has 5 heteroatoms. The first-order chi connectivity index (χ1) is 8.21. The van der Waals surface area contributed by atoms with Crippen molar-refractivity contribution >= 4 is 21.6 Å². The summed E-state index contributed by atoms with van der Waals surface area (Å²) in [5.74, 6) is 0. The summed E-state index contributed by atoms with van der Waals surface area (Å²) in [6, 6.07) is 6.28. The first-order valence-electron chi connectivity index (χ1n) is 5.96. The van der Waals surface area contributed by atoms with Crippen molar-refractivity contribution < 1.29 is 8.42 Å². The highest BCUT2D eigenvalue weighted by molar-refractivity contribution is 7.89. The van der Waals surface area contributed by atoms with E-state index in [0.29, 0.717) is 11.6 Å². The predicted octanol–water partition coefficient (Wildman–Crippen LogP) is 3.44. The number of benzene rings is 1. The highest BCUT2D eigenvalue weighted by atomic mass is 35.5. The van der Waals surface area contributed by atoms with E-state index in [9.17, 15) is 8.42 Å². The molecule has 0 saturated carbocycles. The van der Waals surface area contributed by atoms with Gasteiger partial charge in [-0.3, -0.25) is 0 Å². The third-order valence-corrected chi connectivity index (χ3v) is 4.20. The fourth-order valence-electron chi connectivity index (χ4n) is 1.54. The third kappa shape index (κ3) is 5.38. The predicted molar refractivity (Wildman–Crippen MR) is 75.3 cm³/mol. The van der Waals surface area contributed by atoms with Crippen LogP contribution in [0.4, 0.5) is 0 Å². The van der Waals surface area contributed by atoms with Crippen molar-refractivity contribution in [2.24, 2.45) is 5.41 Å². The molecule has 1 aromatic carbocycles. The molecule has 3 nitrogen and oxygen atoms in total. The molecule has 0 heterocycles. The van der Waals surface area contributed by atoms with Crippen LogP contribution in [0.5, 0.6) is 0 Å². The number of hydrogen-bond donors (Lipinski definition) is 1. The van der Waals surface area contributed by atoms with E-state index < -0.39 is 10.0 Å². The Labute approximate surface area is 115 Å². The Bertz CT molecular complexity index is 492. The summed E-state index contributed by atoms with van der Waals surface area (Å²) < 4.78 is 26.5. The Kier molecular flexibility index (Phi) is 5.20. The average molecular weight is 290 g/mol. The molecule has 0 aliphatic rings. The third-order valence-electron chi connectivity index (χ3n) is 2.50. The van der Waals surface area contributed by atoms with Gasteiger partial charge in [0.15, 0.2) is 0 Å². The van der Waals surface area contributed by atoms with Crippen LogP contribution in [0.2, 0.25) is 5.02 Å². The standard InChI is InChI=1S/C13H20ClNO2S/c1-13(2,3)8-5-9-15-18(16,17)12-7-4-6-11(14)10-12/h4,6-7,10,15H,5,8-9H2,1-3H3. The zero-order valence-electron chi connectivity index (χ0n) is 11.0. The first kappa shape index (κ1) is 15.5. The van der Waals surface area contributed by atoms with E-state index in [2.05, 4.69) is 25.5 Å². The second-order valence-electron chi connectivity index (χ2n) is 5.52. The van der Waals surface area contributed by atoms with Crippen LogP contribution >= 0.6 is 11.6 Å². The molecule has 1 N–H and O–H groups in total. The molecule has 1 aromatic rings. The maximum atomic E-state index is 11.9. The molecule has 0 amide bonds. The molecule has 18 heavy (non-hydrogen) atoms. The molecule has 0 spiro atoms. The van der Waals surface area contributed by atoms with Gasteiger partial charge in [-0.2, -0.15) is 0 Å². The van der Waals surface area contributed by atoms with E-state index in [4.69, 9.17) is 11.6 Å². The normalized spacial score (nSPS) is 12.7. The van der Waals surface area contributed by atoms with Gasteiger partial charge in [-0.1, -0.05) is 38.4 Å². The first-order valence-corrected chi connectivity index (χ1v) is 7.82. The minimum atomic E-state index is -3.43. The Hall–Kier alpha value is -0.580. The monoisotopic (exact) mass is 289 g/mol. The van der Waals surface area contributed by atoms with E-state index in [1.165, 1.54) is 12.1 Å². The molecule has 0 fully saturated rings. The fourth-order valence-corrected chi connectivity index (χ4v) is 2.92. The number of halogens is 1. The highest BCUT2D eigenvalue weighted by Crippen LogP contribution is 2.20. The number of sulfonamides is 1. The molecule has 0 aliphatic carbocycles. The van der Waals surface area contributed by atoms with Crippen molar-refractivity contribution in [3.63, 3.8) is 0 Å². The Morgan fingerprint density at radius 3 is 2.50 bits per heavy atom. The summed E-state index contributed by atoms with van der Waals surface area (Å²) in [6.07, 6.45) is 1.80. The van der Waals surface area contributed by atoms with E-state index >= 15 is 0 Å². The van der Waals surface area contributed by atoms with Crippen molar-refractivity contribution in [3.8, 4) is 0 Å². The van der Waals surface area contributed by atoms with Gasteiger partial charge >= 0.3 is 0 Å². The van der Waals surface area contributed by atoms with Gasteiger partial charge in [0, 0.05) is 11.6 Å². The van der Waals surface area contributed by atoms with E-state index in [-0.39, 0.29) is 10.3 Å². The average Bonchev–Trinajstić information content (AvgIpc) is 2.23. The van der Waals surface area contributed by atoms with Crippen molar-refractivity contribution in [3.05, 3.63) is 29.3 Å². The molecular formula is C13H20ClNO2S. The van der Waals surface area contributed by atoms with Crippen LogP contribution in [0.15, 0.2) is 29.2 Å². The van der Waals surface area contributed by atoms with Crippen LogP contribution in [-0.4, -0.2) is 15.0 Å². The van der Waals surface area contributed by atoms with Gasteiger partial charge < -0.3 is 0 Å². The van der Waals surface area contributed by atoms with Gasteiger partial charge in [-0.15, -0.1) is 0 Å². The molecule has 102 valence electrons. The molecule has 0 aromatic heterocycles. The lowest BCUT2D eigenvalue weighted by Gasteiger charge is -2.17. The lowest BCUT2D eigenvalue weighted by molar-refractivity contribution is 0.365. The summed E-state index contributed by atoms with van der Waals surface area (Å²) in [6.45, 7) is 6.86. The largest absolute Gasteiger partial charge is 0.240 e. The van der Waals surface area contributed by atoms with E-state index in [1.54, 1.807) is 12.1 Å². The van der Waals surface area contributed by atoms with Crippen molar-refractivity contribution in [1.29, 1.82) is 0 Å². The van der Waals surface area contributed by atoms with Crippen molar-refractivity contribution in [1.82, 2.24) is 4.72 Å². The summed E-state index contributed by atoms with van der Waals surface area (Å²) in [7, 11) is -3.43. The summed E-state index contributed by atoms with van der Waals surface area (Å²) in [5, 5.41) is 0.424. The smallest absolute Gasteiger partial charge is 0.211 e. The molecule has 1 rings (SSSR count). The van der Waals surface area contributed by atoms with Crippen molar-refractivity contribution in [2.75, 3.05) is 6.54 Å². The van der Waals surface area contributed by atoms with Crippen LogP contribution in [0.25, 0.3) is 0 Å². The number of nitrogens with one attached hydrogen (secondary N) is 1. The van der Waals surface area contributed by atoms with E-state index in [1.807, 2.05) is 0 Å². The number of rotatable bonds is 5. The SMILES string of the molecule is CC(C)(C)CCCNS(=O)(=O)c1cccc(Cl)c1. The minimum Gasteiger partial charge on any atom is -0.211 e. The molecule has 0 bridgehead atoms. The highest BCUT2D eigenvalue weighted by Gasteiger charge is 2.14. The minimum absolute atomic E-state index is 0.214. The second-order valence-corrected chi connectivity index (χ2v) is 7.72. The van der Waals surface area contributed by atoms with Crippen LogP contribution in [0.1, 0.15) is 33.6 Å². The molecule has 0 saturated heterocycles. The van der Waals surface area contributed by atoms with Crippen molar-refractivity contribution in [2.45, 2.75) is 38.5 Å². The van der Waals surface area contributed by atoms with Crippen LogP contribution in [-0.2, 0) is 10.0 Å². The topological polar surface area (TPSA) is 46.2 Å². The van der Waals surface area contributed by atoms with Gasteiger partial charge in [0.2, 0.25) is 10.0 Å². The summed E-state index contributed by atoms with van der Waals surface area (Å²) >= 11 is 5.78. The van der Waals surface area contributed by atoms with Gasteiger partial charge in [0.25, 0.3) is 0 Å².